The van der Waals surface area contributed by atoms with Gasteiger partial charge in [-0.05, 0) is 32.0 Å². The Balaban J connectivity index is 2.26. The fourth-order valence-corrected chi connectivity index (χ4v) is 3.13. The van der Waals surface area contributed by atoms with E-state index in [9.17, 15) is 4.21 Å². The zero-order valence-electron chi connectivity index (χ0n) is 10.7. The van der Waals surface area contributed by atoms with Gasteiger partial charge < -0.3 is 5.73 Å². The molecule has 1 atom stereocenters. The van der Waals surface area contributed by atoms with E-state index in [0.29, 0.717) is 21.4 Å². The molecule has 1 unspecified atom stereocenters. The molecule has 0 saturated heterocycles. The predicted molar refractivity (Wildman–Crippen MR) is 76.4 cm³/mol. The molecule has 2 aromatic rings. The Morgan fingerprint density at radius 1 is 1.47 bits per heavy atom. The Morgan fingerprint density at radius 3 is 2.89 bits per heavy atom. The number of hydrogen-bond acceptors (Lipinski definition) is 4. The number of nitrogen functional groups attached to an aromatic ring is 1. The molecule has 0 aliphatic carbocycles. The fourth-order valence-electron chi connectivity index (χ4n) is 1.71. The van der Waals surface area contributed by atoms with Crippen molar-refractivity contribution in [2.45, 2.75) is 30.5 Å². The third-order valence-electron chi connectivity index (χ3n) is 2.62. The zero-order chi connectivity index (χ0) is 14.0. The van der Waals surface area contributed by atoms with Gasteiger partial charge in [-0.2, -0.15) is 5.10 Å². The monoisotopic (exact) mass is 298 g/mol. The molecule has 7 heteroatoms. The Hall–Kier alpha value is -1.40. The van der Waals surface area contributed by atoms with Crippen LogP contribution in [0.1, 0.15) is 25.7 Å². The summed E-state index contributed by atoms with van der Waals surface area (Å²) in [7, 11) is -1.29. The summed E-state index contributed by atoms with van der Waals surface area (Å²) in [5.41, 5.74) is 6.29. The fraction of sp³-hybridized carbons (Fsp3) is 0.333. The Labute approximate surface area is 119 Å². The molecule has 0 fully saturated rings. The summed E-state index contributed by atoms with van der Waals surface area (Å²) < 4.78 is 14.1. The quantitative estimate of drug-likeness (QED) is 0.880. The van der Waals surface area contributed by atoms with Gasteiger partial charge in [0.2, 0.25) is 0 Å². The minimum atomic E-state index is -1.29. The lowest BCUT2D eigenvalue weighted by molar-refractivity contribution is 0.513. The first-order valence-corrected chi connectivity index (χ1v) is 7.50. The van der Waals surface area contributed by atoms with E-state index in [1.54, 1.807) is 22.9 Å². The summed E-state index contributed by atoms with van der Waals surface area (Å²) in [6.07, 6.45) is 1.47. The van der Waals surface area contributed by atoms with E-state index in [0.717, 1.165) is 0 Å². The molecule has 0 aliphatic heterocycles. The summed E-state index contributed by atoms with van der Waals surface area (Å²) in [5.74, 6) is 0.940. The molecule has 2 rings (SSSR count). The van der Waals surface area contributed by atoms with Crippen LogP contribution in [0, 0.1) is 0 Å². The number of halogens is 1. The molecule has 19 heavy (non-hydrogen) atoms. The normalized spacial score (nSPS) is 12.8. The van der Waals surface area contributed by atoms with Gasteiger partial charge in [0.1, 0.15) is 12.2 Å². The van der Waals surface area contributed by atoms with Gasteiger partial charge in [0.15, 0.2) is 0 Å². The maximum absolute atomic E-state index is 12.4. The lowest BCUT2D eigenvalue weighted by atomic mass is 10.3. The highest BCUT2D eigenvalue weighted by atomic mass is 35.5. The maximum Gasteiger partial charge on any atom is 0.140 e. The molecule has 2 N–H and O–H groups in total. The van der Waals surface area contributed by atoms with Crippen LogP contribution in [0.15, 0.2) is 29.4 Å². The van der Waals surface area contributed by atoms with Crippen molar-refractivity contribution < 1.29 is 4.21 Å². The van der Waals surface area contributed by atoms with Crippen molar-refractivity contribution in [3.05, 3.63) is 35.4 Å². The number of anilines is 1. The zero-order valence-corrected chi connectivity index (χ0v) is 12.3. The number of benzene rings is 1. The van der Waals surface area contributed by atoms with E-state index >= 15 is 0 Å². The number of hydrogen-bond donors (Lipinski definition) is 1. The summed E-state index contributed by atoms with van der Waals surface area (Å²) in [4.78, 5) is 4.67. The average Bonchev–Trinajstić information content (AvgIpc) is 2.80. The van der Waals surface area contributed by atoms with E-state index in [-0.39, 0.29) is 11.8 Å². The van der Waals surface area contributed by atoms with Crippen LogP contribution in [0.25, 0.3) is 0 Å². The van der Waals surface area contributed by atoms with Crippen LogP contribution in [-0.2, 0) is 16.6 Å². The predicted octanol–water partition coefficient (Wildman–Crippen LogP) is 2.40. The van der Waals surface area contributed by atoms with Crippen molar-refractivity contribution in [2.24, 2.45) is 0 Å². The molecule has 0 saturated carbocycles. The Bertz CT molecular complexity index is 612. The van der Waals surface area contributed by atoms with Gasteiger partial charge in [-0.3, -0.25) is 4.21 Å². The van der Waals surface area contributed by atoms with Gasteiger partial charge >= 0.3 is 0 Å². The van der Waals surface area contributed by atoms with Crippen molar-refractivity contribution in [1.29, 1.82) is 0 Å². The molecule has 0 spiro atoms. The van der Waals surface area contributed by atoms with Crippen LogP contribution in [0.3, 0.4) is 0 Å². The molecule has 0 aliphatic rings. The molecule has 1 aromatic carbocycles. The molecule has 0 radical (unpaired) electrons. The SMILES string of the molecule is CC(C)n1ncnc1CS(=O)c1cc(Cl)ccc1N. The van der Waals surface area contributed by atoms with E-state index in [1.807, 2.05) is 13.8 Å². The van der Waals surface area contributed by atoms with Crippen LogP contribution in [0.2, 0.25) is 5.02 Å². The number of aromatic nitrogens is 3. The first kappa shape index (κ1) is 14.0. The van der Waals surface area contributed by atoms with E-state index < -0.39 is 10.8 Å². The minimum absolute atomic E-state index is 0.172. The van der Waals surface area contributed by atoms with E-state index in [4.69, 9.17) is 17.3 Å². The van der Waals surface area contributed by atoms with Crippen LogP contribution in [0.5, 0.6) is 0 Å². The van der Waals surface area contributed by atoms with Gasteiger partial charge in [-0.1, -0.05) is 11.6 Å². The molecular formula is C12H15ClN4OS. The highest BCUT2D eigenvalue weighted by Gasteiger charge is 2.15. The summed E-state index contributed by atoms with van der Waals surface area (Å²) in [6.45, 7) is 3.99. The molecule has 1 heterocycles. The highest BCUT2D eigenvalue weighted by Crippen LogP contribution is 2.23. The molecule has 0 bridgehead atoms. The van der Waals surface area contributed by atoms with E-state index in [1.165, 1.54) is 6.33 Å². The van der Waals surface area contributed by atoms with Crippen LogP contribution in [0.4, 0.5) is 5.69 Å². The third kappa shape index (κ3) is 3.13. The van der Waals surface area contributed by atoms with Gasteiger partial charge in [0, 0.05) is 16.8 Å². The first-order valence-electron chi connectivity index (χ1n) is 5.81. The van der Waals surface area contributed by atoms with Crippen LogP contribution >= 0.6 is 11.6 Å². The standard InChI is InChI=1S/C12H15ClN4OS/c1-8(2)17-12(15-7-16-17)6-19(18)11-5-9(13)3-4-10(11)14/h3-5,7-8H,6,14H2,1-2H3. The molecule has 5 nitrogen and oxygen atoms in total. The Morgan fingerprint density at radius 2 is 2.21 bits per heavy atom. The molecular weight excluding hydrogens is 284 g/mol. The largest absolute Gasteiger partial charge is 0.398 e. The smallest absolute Gasteiger partial charge is 0.140 e. The van der Waals surface area contributed by atoms with Crippen LogP contribution < -0.4 is 5.73 Å². The highest BCUT2D eigenvalue weighted by molar-refractivity contribution is 7.84. The van der Waals surface area contributed by atoms with Crippen molar-refractivity contribution in [3.8, 4) is 0 Å². The lowest BCUT2D eigenvalue weighted by Crippen LogP contribution is -2.11. The van der Waals surface area contributed by atoms with Crippen molar-refractivity contribution >= 4 is 28.1 Å². The molecule has 102 valence electrons. The van der Waals surface area contributed by atoms with E-state index in [2.05, 4.69) is 10.1 Å². The van der Waals surface area contributed by atoms with Gasteiger partial charge in [0.25, 0.3) is 0 Å². The van der Waals surface area contributed by atoms with Gasteiger partial charge in [-0.25, -0.2) is 9.67 Å². The second-order valence-corrected chi connectivity index (χ2v) is 6.24. The topological polar surface area (TPSA) is 73.8 Å². The summed E-state index contributed by atoms with van der Waals surface area (Å²) in [5, 5.41) is 4.63. The van der Waals surface area contributed by atoms with Crippen LogP contribution in [-0.4, -0.2) is 19.0 Å². The molecule has 1 aromatic heterocycles. The third-order valence-corrected chi connectivity index (χ3v) is 4.22. The number of rotatable bonds is 4. The Kier molecular flexibility index (Phi) is 4.21. The minimum Gasteiger partial charge on any atom is -0.398 e. The van der Waals surface area contributed by atoms with Crippen molar-refractivity contribution in [1.82, 2.24) is 14.8 Å². The second kappa shape index (κ2) is 5.71. The average molecular weight is 299 g/mol. The van der Waals surface area contributed by atoms with Crippen molar-refractivity contribution in [3.63, 3.8) is 0 Å². The number of nitrogens with zero attached hydrogens (tertiary/aromatic N) is 3. The van der Waals surface area contributed by atoms with Crippen molar-refractivity contribution in [2.75, 3.05) is 5.73 Å². The summed E-state index contributed by atoms with van der Waals surface area (Å²) in [6, 6.07) is 5.13. The van der Waals surface area contributed by atoms with Gasteiger partial charge in [0.05, 0.1) is 21.4 Å². The van der Waals surface area contributed by atoms with Gasteiger partial charge in [-0.15, -0.1) is 0 Å². The lowest BCUT2D eigenvalue weighted by Gasteiger charge is -2.10. The first-order chi connectivity index (χ1) is 8.99. The summed E-state index contributed by atoms with van der Waals surface area (Å²) >= 11 is 5.90. The maximum atomic E-state index is 12.4. The number of nitrogens with two attached hydrogens (primary N) is 1. The second-order valence-electron chi connectivity index (χ2n) is 4.39. The molecule has 0 amide bonds.